The van der Waals surface area contributed by atoms with Crippen LogP contribution in [0.1, 0.15) is 28.4 Å². The number of benzene rings is 1. The van der Waals surface area contributed by atoms with Crippen molar-refractivity contribution < 1.29 is 5.11 Å². The van der Waals surface area contributed by atoms with E-state index in [1.54, 1.807) is 6.20 Å². The van der Waals surface area contributed by atoms with Crippen molar-refractivity contribution in [3.63, 3.8) is 0 Å². The lowest BCUT2D eigenvalue weighted by Crippen LogP contribution is -2.08. The number of pyridine rings is 1. The Kier molecular flexibility index (Phi) is 2.87. The molecule has 2 aromatic rings. The minimum Gasteiger partial charge on any atom is -0.384 e. The Balaban J connectivity index is 2.07. The molecule has 4 N–H and O–H groups in total. The number of aryl methyl sites for hydroxylation is 1. The normalized spacial score (nSPS) is 14.8. The van der Waals surface area contributed by atoms with E-state index < -0.39 is 6.10 Å². The molecule has 19 heavy (non-hydrogen) atoms. The summed E-state index contributed by atoms with van der Waals surface area (Å²) in [7, 11) is 0. The van der Waals surface area contributed by atoms with Crippen LogP contribution in [0.2, 0.25) is 0 Å². The van der Waals surface area contributed by atoms with Crippen LogP contribution >= 0.6 is 0 Å². The standard InChI is InChI=1S/C15H17N3O/c1-9-7-12(15(16)18-8-9)14(19)11-4-2-3-10-5-6-17-13(10)11/h2-4,7-8,14,17,19H,5-6H2,1H3,(H2,16,18). The highest BCUT2D eigenvalue weighted by Gasteiger charge is 2.21. The van der Waals surface area contributed by atoms with Crippen LogP contribution in [-0.4, -0.2) is 16.6 Å². The van der Waals surface area contributed by atoms with Gasteiger partial charge in [-0.3, -0.25) is 0 Å². The first kappa shape index (κ1) is 12.0. The second-order valence-corrected chi connectivity index (χ2v) is 4.95. The molecule has 0 amide bonds. The predicted molar refractivity (Wildman–Crippen MR) is 76.1 cm³/mol. The van der Waals surface area contributed by atoms with E-state index in [4.69, 9.17) is 5.73 Å². The van der Waals surface area contributed by atoms with Crippen molar-refractivity contribution in [2.45, 2.75) is 19.4 Å². The molecule has 1 atom stereocenters. The van der Waals surface area contributed by atoms with Crippen LogP contribution in [0.3, 0.4) is 0 Å². The summed E-state index contributed by atoms with van der Waals surface area (Å²) in [5, 5.41) is 13.9. The molecule has 0 aliphatic carbocycles. The largest absolute Gasteiger partial charge is 0.384 e. The summed E-state index contributed by atoms with van der Waals surface area (Å²) in [6.45, 7) is 2.86. The van der Waals surface area contributed by atoms with Gasteiger partial charge >= 0.3 is 0 Å². The van der Waals surface area contributed by atoms with Crippen LogP contribution in [-0.2, 0) is 6.42 Å². The molecule has 1 unspecified atom stereocenters. The summed E-state index contributed by atoms with van der Waals surface area (Å²) in [6, 6.07) is 7.89. The number of hydrogen-bond acceptors (Lipinski definition) is 4. The minimum atomic E-state index is -0.743. The average Bonchev–Trinajstić information content (AvgIpc) is 2.89. The summed E-state index contributed by atoms with van der Waals surface area (Å²) in [5.41, 5.74) is 10.7. The van der Waals surface area contributed by atoms with E-state index in [0.29, 0.717) is 11.4 Å². The molecule has 0 spiro atoms. The lowest BCUT2D eigenvalue weighted by molar-refractivity contribution is 0.221. The fourth-order valence-corrected chi connectivity index (χ4v) is 2.58. The number of nitrogens with two attached hydrogens (primary N) is 1. The predicted octanol–water partition coefficient (Wildman–Crippen LogP) is 2.02. The van der Waals surface area contributed by atoms with Gasteiger partial charge in [0.25, 0.3) is 0 Å². The first-order valence-corrected chi connectivity index (χ1v) is 6.42. The Morgan fingerprint density at radius 3 is 3.05 bits per heavy atom. The van der Waals surface area contributed by atoms with Crippen molar-refractivity contribution >= 4 is 11.5 Å². The van der Waals surface area contributed by atoms with E-state index in [1.807, 2.05) is 25.1 Å². The zero-order chi connectivity index (χ0) is 13.4. The van der Waals surface area contributed by atoms with Crippen molar-refractivity contribution in [1.82, 2.24) is 4.98 Å². The monoisotopic (exact) mass is 255 g/mol. The first-order chi connectivity index (χ1) is 9.16. The van der Waals surface area contributed by atoms with Gasteiger partial charge in [-0.2, -0.15) is 0 Å². The highest BCUT2D eigenvalue weighted by Crippen LogP contribution is 2.35. The van der Waals surface area contributed by atoms with Crippen LogP contribution < -0.4 is 11.1 Å². The number of rotatable bonds is 2. The zero-order valence-electron chi connectivity index (χ0n) is 10.9. The number of aliphatic hydroxyl groups is 1. The van der Waals surface area contributed by atoms with Gasteiger partial charge < -0.3 is 16.2 Å². The van der Waals surface area contributed by atoms with E-state index in [2.05, 4.69) is 16.4 Å². The molecule has 0 radical (unpaired) electrons. The minimum absolute atomic E-state index is 0.383. The molecular weight excluding hydrogens is 238 g/mol. The number of nitrogens with zero attached hydrogens (tertiary/aromatic N) is 1. The summed E-state index contributed by atoms with van der Waals surface area (Å²) < 4.78 is 0. The van der Waals surface area contributed by atoms with Crippen LogP contribution in [0.5, 0.6) is 0 Å². The number of hydrogen-bond donors (Lipinski definition) is 3. The highest BCUT2D eigenvalue weighted by molar-refractivity contribution is 5.64. The Morgan fingerprint density at radius 2 is 2.21 bits per heavy atom. The van der Waals surface area contributed by atoms with Crippen molar-refractivity contribution in [1.29, 1.82) is 0 Å². The quantitative estimate of drug-likeness (QED) is 0.767. The number of aromatic nitrogens is 1. The number of aliphatic hydroxyl groups excluding tert-OH is 1. The van der Waals surface area contributed by atoms with Crippen molar-refractivity contribution in [2.75, 3.05) is 17.6 Å². The van der Waals surface area contributed by atoms with Gasteiger partial charge in [-0.05, 0) is 30.5 Å². The van der Waals surface area contributed by atoms with Crippen LogP contribution in [0, 0.1) is 6.92 Å². The van der Waals surface area contributed by atoms with E-state index in [1.165, 1.54) is 5.56 Å². The second kappa shape index (κ2) is 4.55. The number of anilines is 2. The van der Waals surface area contributed by atoms with Crippen LogP contribution in [0.4, 0.5) is 11.5 Å². The first-order valence-electron chi connectivity index (χ1n) is 6.42. The fourth-order valence-electron chi connectivity index (χ4n) is 2.58. The van der Waals surface area contributed by atoms with Gasteiger partial charge in [-0.25, -0.2) is 4.98 Å². The lowest BCUT2D eigenvalue weighted by Gasteiger charge is -2.17. The summed E-state index contributed by atoms with van der Waals surface area (Å²) in [6.07, 6.45) is 1.96. The van der Waals surface area contributed by atoms with Crippen molar-refractivity contribution in [2.24, 2.45) is 0 Å². The lowest BCUT2D eigenvalue weighted by atomic mass is 9.97. The topological polar surface area (TPSA) is 71.2 Å². The Bertz CT molecular complexity index is 625. The van der Waals surface area contributed by atoms with Gasteiger partial charge in [0, 0.05) is 29.6 Å². The Labute approximate surface area is 112 Å². The Morgan fingerprint density at radius 1 is 1.37 bits per heavy atom. The van der Waals surface area contributed by atoms with Gasteiger partial charge in [0.05, 0.1) is 0 Å². The summed E-state index contributed by atoms with van der Waals surface area (Å²) in [4.78, 5) is 4.12. The summed E-state index contributed by atoms with van der Waals surface area (Å²) in [5.74, 6) is 0.383. The molecule has 1 aliphatic rings. The fraction of sp³-hybridized carbons (Fsp3) is 0.267. The Hall–Kier alpha value is -2.07. The maximum atomic E-state index is 10.6. The highest BCUT2D eigenvalue weighted by atomic mass is 16.3. The molecule has 3 rings (SSSR count). The molecule has 1 aromatic heterocycles. The van der Waals surface area contributed by atoms with Gasteiger partial charge in [-0.1, -0.05) is 18.2 Å². The maximum absolute atomic E-state index is 10.6. The number of nitrogens with one attached hydrogen (secondary N) is 1. The molecule has 0 saturated heterocycles. The smallest absolute Gasteiger partial charge is 0.129 e. The van der Waals surface area contributed by atoms with Crippen LogP contribution in [0.15, 0.2) is 30.5 Å². The molecule has 0 fully saturated rings. The molecule has 4 heteroatoms. The molecule has 4 nitrogen and oxygen atoms in total. The van der Waals surface area contributed by atoms with Gasteiger partial charge in [0.2, 0.25) is 0 Å². The van der Waals surface area contributed by atoms with E-state index in [0.717, 1.165) is 29.8 Å². The number of fused-ring (bicyclic) bond motifs is 1. The van der Waals surface area contributed by atoms with Crippen molar-refractivity contribution in [3.05, 3.63) is 52.7 Å². The third-order valence-electron chi connectivity index (χ3n) is 3.55. The molecule has 1 aromatic carbocycles. The molecule has 1 aliphatic heterocycles. The van der Waals surface area contributed by atoms with Gasteiger partial charge in [-0.15, -0.1) is 0 Å². The second-order valence-electron chi connectivity index (χ2n) is 4.95. The maximum Gasteiger partial charge on any atom is 0.129 e. The SMILES string of the molecule is Cc1cnc(N)c(C(O)c2cccc3c2NCC3)c1. The van der Waals surface area contributed by atoms with Gasteiger partial charge in [0.1, 0.15) is 11.9 Å². The molecule has 98 valence electrons. The molecular formula is C15H17N3O. The number of para-hydroxylation sites is 1. The number of nitrogen functional groups attached to an aromatic ring is 1. The van der Waals surface area contributed by atoms with E-state index in [-0.39, 0.29) is 0 Å². The third-order valence-corrected chi connectivity index (χ3v) is 3.55. The van der Waals surface area contributed by atoms with E-state index >= 15 is 0 Å². The summed E-state index contributed by atoms with van der Waals surface area (Å²) >= 11 is 0. The van der Waals surface area contributed by atoms with E-state index in [9.17, 15) is 5.11 Å². The average molecular weight is 255 g/mol. The molecule has 0 saturated carbocycles. The zero-order valence-corrected chi connectivity index (χ0v) is 10.9. The van der Waals surface area contributed by atoms with Crippen molar-refractivity contribution in [3.8, 4) is 0 Å². The van der Waals surface area contributed by atoms with Crippen LogP contribution in [0.25, 0.3) is 0 Å². The molecule has 2 heterocycles. The third kappa shape index (κ3) is 2.04. The molecule has 0 bridgehead atoms. The van der Waals surface area contributed by atoms with Gasteiger partial charge in [0.15, 0.2) is 0 Å².